The van der Waals surface area contributed by atoms with E-state index in [1.807, 2.05) is 6.92 Å². The maximum Gasteiger partial charge on any atom is 0.241 e. The molecule has 2 aromatic rings. The third kappa shape index (κ3) is 4.33. The number of fused-ring (bicyclic) bond motifs is 1. The Morgan fingerprint density at radius 2 is 1.67 bits per heavy atom. The standard InChI is InChI=1S/C21H23F3N2O/c1-12(15-8-7-14-5-3-4-6-16(14)11-15)25-13(2)21(27)26-18-10-9-17(22)19(23)20(18)24/h7-13,25H,3-6H2,1-2H3,(H,26,27)/t12-,13+/m1/s1. The predicted octanol–water partition coefficient (Wildman–Crippen LogP) is 4.66. The minimum absolute atomic E-state index is 0.0900. The molecule has 0 aromatic heterocycles. The van der Waals surface area contributed by atoms with Crippen molar-refractivity contribution in [2.24, 2.45) is 0 Å². The number of aryl methyl sites for hydroxylation is 2. The minimum atomic E-state index is -1.60. The van der Waals surface area contributed by atoms with Gasteiger partial charge in [-0.1, -0.05) is 18.2 Å². The van der Waals surface area contributed by atoms with Gasteiger partial charge in [0, 0.05) is 6.04 Å². The van der Waals surface area contributed by atoms with Crippen LogP contribution in [0.25, 0.3) is 0 Å². The molecule has 1 amide bonds. The van der Waals surface area contributed by atoms with Crippen molar-refractivity contribution in [2.45, 2.75) is 51.6 Å². The number of carbonyl (C=O) groups excluding carboxylic acids is 1. The zero-order valence-corrected chi connectivity index (χ0v) is 15.4. The van der Waals surface area contributed by atoms with Crippen LogP contribution < -0.4 is 10.6 Å². The van der Waals surface area contributed by atoms with Crippen LogP contribution in [0.4, 0.5) is 18.9 Å². The zero-order chi connectivity index (χ0) is 19.6. The molecule has 0 spiro atoms. The molecule has 2 aromatic carbocycles. The third-order valence-electron chi connectivity index (χ3n) is 5.06. The van der Waals surface area contributed by atoms with Gasteiger partial charge in [0.2, 0.25) is 5.91 Å². The highest BCUT2D eigenvalue weighted by Crippen LogP contribution is 2.25. The summed E-state index contributed by atoms with van der Waals surface area (Å²) >= 11 is 0. The lowest BCUT2D eigenvalue weighted by molar-refractivity contribution is -0.118. The zero-order valence-electron chi connectivity index (χ0n) is 15.4. The van der Waals surface area contributed by atoms with Crippen LogP contribution in [0.15, 0.2) is 30.3 Å². The van der Waals surface area contributed by atoms with Crippen molar-refractivity contribution in [1.29, 1.82) is 0 Å². The number of nitrogens with one attached hydrogen (secondary N) is 2. The molecule has 3 rings (SSSR count). The molecule has 3 nitrogen and oxygen atoms in total. The van der Waals surface area contributed by atoms with Crippen molar-refractivity contribution in [3.63, 3.8) is 0 Å². The molecule has 2 N–H and O–H groups in total. The van der Waals surface area contributed by atoms with Crippen molar-refractivity contribution in [2.75, 3.05) is 5.32 Å². The molecule has 0 unspecified atom stereocenters. The number of benzene rings is 2. The maximum atomic E-state index is 13.7. The van der Waals surface area contributed by atoms with E-state index in [1.165, 1.54) is 24.0 Å². The highest BCUT2D eigenvalue weighted by Gasteiger charge is 2.21. The number of amides is 1. The van der Waals surface area contributed by atoms with Crippen LogP contribution in [0, 0.1) is 17.5 Å². The molecular formula is C21H23F3N2O. The number of halogens is 3. The van der Waals surface area contributed by atoms with Crippen LogP contribution in [0.1, 0.15) is 49.4 Å². The quantitative estimate of drug-likeness (QED) is 0.745. The van der Waals surface area contributed by atoms with Crippen LogP contribution in [0.5, 0.6) is 0 Å². The Morgan fingerprint density at radius 1 is 0.963 bits per heavy atom. The van der Waals surface area contributed by atoms with E-state index in [-0.39, 0.29) is 11.7 Å². The Kier molecular flexibility index (Phi) is 5.85. The fraction of sp³-hybridized carbons (Fsp3) is 0.381. The lowest BCUT2D eigenvalue weighted by Gasteiger charge is -2.23. The van der Waals surface area contributed by atoms with E-state index in [0.29, 0.717) is 0 Å². The topological polar surface area (TPSA) is 41.1 Å². The number of hydrogen-bond donors (Lipinski definition) is 2. The normalized spacial score (nSPS) is 15.7. The molecule has 0 fully saturated rings. The van der Waals surface area contributed by atoms with Crippen molar-refractivity contribution >= 4 is 11.6 Å². The SMILES string of the molecule is C[C@H](N[C@H](C)c1ccc2c(c1)CCCC2)C(=O)Nc1ccc(F)c(F)c1F. The number of hydrogen-bond acceptors (Lipinski definition) is 2. The van der Waals surface area contributed by atoms with Crippen LogP contribution in [-0.4, -0.2) is 11.9 Å². The summed E-state index contributed by atoms with van der Waals surface area (Å²) in [4.78, 5) is 12.3. The van der Waals surface area contributed by atoms with E-state index >= 15 is 0 Å². The number of carbonyl (C=O) groups is 1. The van der Waals surface area contributed by atoms with Crippen molar-refractivity contribution in [3.05, 3.63) is 64.5 Å². The Labute approximate surface area is 157 Å². The third-order valence-corrected chi connectivity index (χ3v) is 5.06. The van der Waals surface area contributed by atoms with E-state index in [0.717, 1.165) is 30.5 Å². The van der Waals surface area contributed by atoms with Gasteiger partial charge in [0.1, 0.15) is 0 Å². The molecule has 0 radical (unpaired) electrons. The summed E-state index contributed by atoms with van der Waals surface area (Å²) in [6.45, 7) is 3.59. The summed E-state index contributed by atoms with van der Waals surface area (Å²) in [5.74, 6) is -4.82. The first-order valence-electron chi connectivity index (χ1n) is 9.19. The summed E-state index contributed by atoms with van der Waals surface area (Å²) < 4.78 is 40.0. The molecule has 1 aliphatic carbocycles. The number of rotatable bonds is 5. The summed E-state index contributed by atoms with van der Waals surface area (Å²) in [7, 11) is 0. The van der Waals surface area contributed by atoms with Gasteiger partial charge in [-0.05, 0) is 68.4 Å². The van der Waals surface area contributed by atoms with E-state index in [9.17, 15) is 18.0 Å². The Bertz CT molecular complexity index is 854. The second-order valence-electron chi connectivity index (χ2n) is 7.06. The van der Waals surface area contributed by atoms with Crippen molar-refractivity contribution < 1.29 is 18.0 Å². The second-order valence-corrected chi connectivity index (χ2v) is 7.06. The summed E-state index contributed by atoms with van der Waals surface area (Å²) in [6.07, 6.45) is 4.59. The summed E-state index contributed by atoms with van der Waals surface area (Å²) in [5.41, 5.74) is 3.44. The van der Waals surface area contributed by atoms with E-state index < -0.39 is 29.4 Å². The molecule has 144 valence electrons. The highest BCUT2D eigenvalue weighted by atomic mass is 19.2. The molecule has 27 heavy (non-hydrogen) atoms. The van der Waals surface area contributed by atoms with Gasteiger partial charge < -0.3 is 5.32 Å². The summed E-state index contributed by atoms with van der Waals surface area (Å²) in [5, 5.41) is 5.47. The average molecular weight is 376 g/mol. The smallest absolute Gasteiger partial charge is 0.241 e. The Balaban J connectivity index is 1.65. The Hall–Kier alpha value is -2.34. The van der Waals surface area contributed by atoms with Gasteiger partial charge in [-0.15, -0.1) is 0 Å². The predicted molar refractivity (Wildman–Crippen MR) is 99.0 cm³/mol. The molecule has 0 bridgehead atoms. The number of anilines is 1. The lowest BCUT2D eigenvalue weighted by Crippen LogP contribution is -2.39. The van der Waals surface area contributed by atoms with Crippen LogP contribution >= 0.6 is 0 Å². The molecule has 0 saturated heterocycles. The molecule has 6 heteroatoms. The van der Waals surface area contributed by atoms with Gasteiger partial charge in [0.15, 0.2) is 17.5 Å². The lowest BCUT2D eigenvalue weighted by atomic mass is 9.89. The Morgan fingerprint density at radius 3 is 2.41 bits per heavy atom. The van der Waals surface area contributed by atoms with Gasteiger partial charge >= 0.3 is 0 Å². The fourth-order valence-corrected chi connectivity index (χ4v) is 3.43. The first kappa shape index (κ1) is 19.4. The summed E-state index contributed by atoms with van der Waals surface area (Å²) in [6, 6.07) is 7.42. The van der Waals surface area contributed by atoms with Gasteiger partial charge in [-0.25, -0.2) is 13.2 Å². The second kappa shape index (κ2) is 8.13. The van der Waals surface area contributed by atoms with Crippen LogP contribution in [0.3, 0.4) is 0 Å². The largest absolute Gasteiger partial charge is 0.322 e. The minimum Gasteiger partial charge on any atom is -0.322 e. The first-order valence-corrected chi connectivity index (χ1v) is 9.19. The van der Waals surface area contributed by atoms with E-state index in [1.54, 1.807) is 6.92 Å². The molecular weight excluding hydrogens is 353 g/mol. The van der Waals surface area contributed by atoms with Gasteiger partial charge in [0.05, 0.1) is 11.7 Å². The van der Waals surface area contributed by atoms with Crippen molar-refractivity contribution in [3.8, 4) is 0 Å². The van der Waals surface area contributed by atoms with Gasteiger partial charge in [-0.3, -0.25) is 10.1 Å². The molecule has 0 saturated carbocycles. The highest BCUT2D eigenvalue weighted by molar-refractivity contribution is 5.94. The van der Waals surface area contributed by atoms with E-state index in [2.05, 4.69) is 28.8 Å². The van der Waals surface area contributed by atoms with Gasteiger partial charge in [-0.2, -0.15) is 0 Å². The molecule has 0 aliphatic heterocycles. The average Bonchev–Trinajstić information content (AvgIpc) is 2.67. The molecule has 1 aliphatic rings. The van der Waals surface area contributed by atoms with Crippen molar-refractivity contribution in [1.82, 2.24) is 5.32 Å². The first-order chi connectivity index (χ1) is 12.9. The fourth-order valence-electron chi connectivity index (χ4n) is 3.43. The molecule has 2 atom stereocenters. The molecule has 0 heterocycles. The van der Waals surface area contributed by atoms with E-state index in [4.69, 9.17) is 0 Å². The van der Waals surface area contributed by atoms with Crippen LogP contribution in [0.2, 0.25) is 0 Å². The maximum absolute atomic E-state index is 13.7. The van der Waals surface area contributed by atoms with Crippen LogP contribution in [-0.2, 0) is 17.6 Å². The monoisotopic (exact) mass is 376 g/mol. The van der Waals surface area contributed by atoms with Gasteiger partial charge in [0.25, 0.3) is 0 Å².